The molecular formula is C53H38Au2O2P2+2. The van der Waals surface area contributed by atoms with E-state index in [1.807, 2.05) is 84.9 Å². The van der Waals surface area contributed by atoms with E-state index in [-0.39, 0.29) is 44.8 Å². The molecule has 0 atom stereocenters. The number of para-hydroxylation sites is 2. The molecule has 8 aromatic carbocycles. The van der Waals surface area contributed by atoms with Crippen LogP contribution in [0.2, 0.25) is 0 Å². The molecule has 0 radical (unpaired) electrons. The van der Waals surface area contributed by atoms with Crippen LogP contribution in [0.4, 0.5) is 0 Å². The van der Waals surface area contributed by atoms with Gasteiger partial charge in [0.05, 0.1) is 0 Å². The molecule has 0 aliphatic heterocycles. The Morgan fingerprint density at radius 3 is 1.14 bits per heavy atom. The summed E-state index contributed by atoms with van der Waals surface area (Å²) >= 11 is 0. The molecule has 0 spiro atoms. The Hall–Kier alpha value is -5.18. The SMILES string of the molecule is [Au+].[Au+].[C-]#Cc1ccc2c(c1)oc1ccccc12.[C-]#Cc1ccc2oc3ccccc3c2c1.c1ccc([PH+](C[PH+](c2ccccc2)c2ccccc2)c2ccccc2)cc1. The summed E-state index contributed by atoms with van der Waals surface area (Å²) in [6.45, 7) is 0. The molecule has 0 N–H and O–H groups in total. The van der Waals surface area contributed by atoms with Crippen molar-refractivity contribution < 1.29 is 53.6 Å². The van der Waals surface area contributed by atoms with Gasteiger partial charge >= 0.3 is 44.8 Å². The first kappa shape index (κ1) is 43.4. The second-order valence-corrected chi connectivity index (χ2v) is 19.1. The van der Waals surface area contributed by atoms with Gasteiger partial charge in [0.2, 0.25) is 0 Å². The smallest absolute Gasteiger partial charge is 0.458 e. The van der Waals surface area contributed by atoms with Crippen LogP contribution in [0.1, 0.15) is 11.1 Å². The van der Waals surface area contributed by atoms with Gasteiger partial charge in [-0.3, -0.25) is 11.8 Å². The summed E-state index contributed by atoms with van der Waals surface area (Å²) in [6, 6.07) is 71.6. The standard InChI is InChI=1S/C25H22P2.2C14H7O.2Au/c1-5-13-22(14-6-1)26(23-15-7-2-8-16-23)21-27(24-17-9-3-10-18-24)25-19-11-4-12-20-25;1-2-10-7-8-14-12(9-10)11-5-3-4-6-13(11)15-14;1-2-10-7-8-12-11-5-3-4-6-13(11)15-14(12)9-10;;/h1-20H,21H2;2*3-9H;;/q;2*-1;2*+1/p+2. The van der Waals surface area contributed by atoms with E-state index >= 15 is 0 Å². The van der Waals surface area contributed by atoms with Crippen molar-refractivity contribution in [3.05, 3.63) is 230 Å². The molecular weight excluding hydrogens is 1120 g/mol. The number of rotatable bonds is 6. The van der Waals surface area contributed by atoms with Crippen molar-refractivity contribution in [1.29, 1.82) is 0 Å². The van der Waals surface area contributed by atoms with Crippen LogP contribution < -0.4 is 21.2 Å². The molecule has 292 valence electrons. The van der Waals surface area contributed by atoms with E-state index < -0.39 is 15.8 Å². The molecule has 0 aliphatic rings. The summed E-state index contributed by atoms with van der Waals surface area (Å²) in [5.74, 6) is 5.98. The number of furan rings is 2. The predicted octanol–water partition coefficient (Wildman–Crippen LogP) is 11.7. The molecule has 6 heteroatoms. The van der Waals surface area contributed by atoms with E-state index in [2.05, 4.69) is 133 Å². The molecule has 10 aromatic rings. The van der Waals surface area contributed by atoms with Gasteiger partial charge in [0.15, 0.2) is 5.90 Å². The average molecular weight is 1160 g/mol. The van der Waals surface area contributed by atoms with Crippen LogP contribution in [0.25, 0.3) is 43.9 Å². The van der Waals surface area contributed by atoms with Crippen LogP contribution in [0.15, 0.2) is 215 Å². The van der Waals surface area contributed by atoms with E-state index in [9.17, 15) is 0 Å². The zero-order valence-corrected chi connectivity index (χ0v) is 38.1. The fourth-order valence-electron chi connectivity index (χ4n) is 7.08. The van der Waals surface area contributed by atoms with Crippen LogP contribution in [0, 0.1) is 24.7 Å². The van der Waals surface area contributed by atoms with Crippen molar-refractivity contribution >= 4 is 80.9 Å². The Labute approximate surface area is 379 Å². The van der Waals surface area contributed by atoms with Gasteiger partial charge in [-0.15, -0.1) is 29.3 Å². The maximum absolute atomic E-state index is 7.10. The van der Waals surface area contributed by atoms with Crippen LogP contribution in [-0.2, 0) is 44.8 Å². The summed E-state index contributed by atoms with van der Waals surface area (Å²) < 4.78 is 11.3. The van der Waals surface area contributed by atoms with Crippen LogP contribution in [0.5, 0.6) is 0 Å². The van der Waals surface area contributed by atoms with Gasteiger partial charge in [0, 0.05) is 21.5 Å². The number of hydrogen-bond donors (Lipinski definition) is 0. The van der Waals surface area contributed by atoms with Gasteiger partial charge in [-0.2, -0.15) is 0 Å². The molecule has 2 heterocycles. The fourth-order valence-corrected chi connectivity index (χ4v) is 14.8. The zero-order chi connectivity index (χ0) is 38.8. The second-order valence-electron chi connectivity index (χ2n) is 13.5. The summed E-state index contributed by atoms with van der Waals surface area (Å²) in [6.07, 6.45) is 14.2. The van der Waals surface area contributed by atoms with Crippen molar-refractivity contribution in [3.63, 3.8) is 0 Å². The Balaban J connectivity index is 0.000000156. The largest absolute Gasteiger partial charge is 1.00 e. The van der Waals surface area contributed by atoms with E-state index in [0.29, 0.717) is 0 Å². The first-order valence-corrected chi connectivity index (χ1v) is 22.2. The van der Waals surface area contributed by atoms with E-state index in [0.717, 1.165) is 55.0 Å². The second kappa shape index (κ2) is 21.2. The quantitative estimate of drug-likeness (QED) is 0.0718. The molecule has 0 aliphatic carbocycles. The van der Waals surface area contributed by atoms with E-state index in [1.165, 1.54) is 27.1 Å². The van der Waals surface area contributed by atoms with Gasteiger partial charge in [-0.05, 0) is 66.7 Å². The molecule has 0 bridgehead atoms. The van der Waals surface area contributed by atoms with Gasteiger partial charge in [0.1, 0.15) is 59.4 Å². The van der Waals surface area contributed by atoms with Gasteiger partial charge < -0.3 is 21.7 Å². The average Bonchev–Trinajstić information content (AvgIpc) is 3.86. The molecule has 2 nitrogen and oxygen atoms in total. The number of benzene rings is 8. The molecule has 0 saturated carbocycles. The minimum atomic E-state index is -0.847. The molecule has 2 aromatic heterocycles. The predicted molar refractivity (Wildman–Crippen MR) is 246 cm³/mol. The minimum Gasteiger partial charge on any atom is -0.458 e. The third kappa shape index (κ3) is 10.3. The summed E-state index contributed by atoms with van der Waals surface area (Å²) in [5.41, 5.74) is 4.95. The van der Waals surface area contributed by atoms with Crippen molar-refractivity contribution in [2.75, 3.05) is 5.90 Å². The summed E-state index contributed by atoms with van der Waals surface area (Å²) in [7, 11) is -1.69. The number of fused-ring (bicyclic) bond motifs is 6. The Kier molecular flexibility index (Phi) is 15.6. The first-order chi connectivity index (χ1) is 28.2. The van der Waals surface area contributed by atoms with E-state index in [4.69, 9.17) is 21.7 Å². The van der Waals surface area contributed by atoms with Crippen molar-refractivity contribution in [2.45, 2.75) is 0 Å². The van der Waals surface area contributed by atoms with E-state index in [1.54, 1.807) is 0 Å². The van der Waals surface area contributed by atoms with Crippen molar-refractivity contribution in [3.8, 4) is 11.8 Å². The molecule has 0 fully saturated rings. The Morgan fingerprint density at radius 1 is 0.339 bits per heavy atom. The molecule has 10 rings (SSSR count). The van der Waals surface area contributed by atoms with Crippen molar-refractivity contribution in [1.82, 2.24) is 0 Å². The van der Waals surface area contributed by atoms with Crippen LogP contribution >= 0.6 is 15.8 Å². The monoisotopic (exact) mass is 1160 g/mol. The molecule has 0 amide bonds. The summed E-state index contributed by atoms with van der Waals surface area (Å²) in [4.78, 5) is 0. The number of hydrogen-bond acceptors (Lipinski definition) is 2. The van der Waals surface area contributed by atoms with Crippen LogP contribution in [0.3, 0.4) is 0 Å². The van der Waals surface area contributed by atoms with Gasteiger partial charge in [-0.25, -0.2) is 0 Å². The fraction of sp³-hybridized carbons (Fsp3) is 0.0189. The van der Waals surface area contributed by atoms with Crippen molar-refractivity contribution in [2.24, 2.45) is 0 Å². The third-order valence-corrected chi connectivity index (χ3v) is 16.8. The Bertz CT molecular complexity index is 2800. The zero-order valence-electron chi connectivity index (χ0n) is 31.8. The Morgan fingerprint density at radius 2 is 0.678 bits per heavy atom. The third-order valence-electron chi connectivity index (χ3n) is 9.89. The topological polar surface area (TPSA) is 26.3 Å². The molecule has 59 heavy (non-hydrogen) atoms. The minimum absolute atomic E-state index is 0. The maximum atomic E-state index is 7.10. The normalized spacial score (nSPS) is 10.4. The first-order valence-electron chi connectivity index (χ1n) is 18.8. The van der Waals surface area contributed by atoms with Gasteiger partial charge in [-0.1, -0.05) is 121 Å². The molecule has 0 saturated heterocycles. The maximum Gasteiger partial charge on any atom is 1.00 e. The van der Waals surface area contributed by atoms with Crippen LogP contribution in [-0.4, -0.2) is 5.90 Å². The van der Waals surface area contributed by atoms with Gasteiger partial charge in [0.25, 0.3) is 0 Å². The summed E-state index contributed by atoms with van der Waals surface area (Å²) in [5, 5.41) is 10.3. The molecule has 0 unspecified atom stereocenters.